The predicted molar refractivity (Wildman–Crippen MR) is 64.8 cm³/mol. The van der Waals surface area contributed by atoms with Gasteiger partial charge >= 0.3 is 0 Å². The summed E-state index contributed by atoms with van der Waals surface area (Å²) in [5.41, 5.74) is 0.735. The Balaban J connectivity index is 4.63. The van der Waals surface area contributed by atoms with Gasteiger partial charge < -0.3 is 0 Å². The first-order valence-electron chi connectivity index (χ1n) is 5.25. The molecule has 0 aliphatic heterocycles. The lowest BCUT2D eigenvalue weighted by Crippen LogP contribution is -1.98. The van der Waals surface area contributed by atoms with Gasteiger partial charge in [-0.25, -0.2) is 4.39 Å². The van der Waals surface area contributed by atoms with E-state index in [4.69, 9.17) is 11.6 Å². The monoisotopic (exact) mass is 216 g/mol. The summed E-state index contributed by atoms with van der Waals surface area (Å²) in [6.45, 7) is 7.78. The zero-order valence-electron chi connectivity index (χ0n) is 9.53. The molecule has 0 bridgehead atoms. The highest BCUT2D eigenvalue weighted by Gasteiger charge is 2.07. The second-order valence-electron chi connectivity index (χ2n) is 3.66. The molecule has 0 saturated carbocycles. The summed E-state index contributed by atoms with van der Waals surface area (Å²) >= 11 is 5.63. The van der Waals surface area contributed by atoms with Crippen LogP contribution in [0.25, 0.3) is 0 Å². The first kappa shape index (κ1) is 13.8. The molecule has 80 valence electrons. The molecule has 0 spiro atoms. The molecule has 1 atom stereocenters. The SMILES string of the molecule is CBC(=C/C(C)CCC)/C(F)=C(\C)Cl. The molecular formula is C11H19BClF. The van der Waals surface area contributed by atoms with Gasteiger partial charge in [-0.3, -0.25) is 0 Å². The van der Waals surface area contributed by atoms with E-state index in [-0.39, 0.29) is 10.9 Å². The van der Waals surface area contributed by atoms with Gasteiger partial charge in [-0.1, -0.05) is 50.2 Å². The fraction of sp³-hybridized carbons (Fsp3) is 0.636. The molecule has 0 radical (unpaired) electrons. The van der Waals surface area contributed by atoms with Gasteiger partial charge in [0.1, 0.15) is 5.83 Å². The molecule has 0 amide bonds. The van der Waals surface area contributed by atoms with Crippen molar-refractivity contribution in [1.82, 2.24) is 0 Å². The lowest BCUT2D eigenvalue weighted by Gasteiger charge is -2.08. The van der Waals surface area contributed by atoms with Crippen molar-refractivity contribution in [2.24, 2.45) is 5.92 Å². The first-order valence-corrected chi connectivity index (χ1v) is 5.63. The molecule has 0 N–H and O–H groups in total. The highest BCUT2D eigenvalue weighted by molar-refractivity contribution is 6.46. The number of allylic oxidation sites excluding steroid dienone is 4. The minimum atomic E-state index is -0.253. The van der Waals surface area contributed by atoms with Crippen LogP contribution in [0, 0.1) is 5.92 Å². The first-order chi connectivity index (χ1) is 6.52. The average Bonchev–Trinajstić information content (AvgIpc) is 2.13. The molecular weight excluding hydrogens is 197 g/mol. The lowest BCUT2D eigenvalue weighted by atomic mass is 9.70. The van der Waals surface area contributed by atoms with E-state index in [0.29, 0.717) is 13.2 Å². The quantitative estimate of drug-likeness (QED) is 0.477. The molecule has 0 aliphatic carbocycles. The van der Waals surface area contributed by atoms with Crippen LogP contribution in [0.2, 0.25) is 6.82 Å². The number of rotatable bonds is 5. The van der Waals surface area contributed by atoms with E-state index in [1.165, 1.54) is 0 Å². The summed E-state index contributed by atoms with van der Waals surface area (Å²) in [6, 6.07) is 0. The Kier molecular flexibility index (Phi) is 6.99. The summed E-state index contributed by atoms with van der Waals surface area (Å²) in [5.74, 6) is 0.175. The van der Waals surface area contributed by atoms with Crippen molar-refractivity contribution in [3.05, 3.63) is 22.4 Å². The maximum absolute atomic E-state index is 13.5. The van der Waals surface area contributed by atoms with Crippen molar-refractivity contribution in [2.75, 3.05) is 0 Å². The van der Waals surface area contributed by atoms with Crippen LogP contribution in [-0.4, -0.2) is 7.28 Å². The van der Waals surface area contributed by atoms with Crippen molar-refractivity contribution >= 4 is 18.9 Å². The largest absolute Gasteiger partial charge is 0.206 e. The molecule has 14 heavy (non-hydrogen) atoms. The van der Waals surface area contributed by atoms with Crippen LogP contribution in [-0.2, 0) is 0 Å². The normalized spacial score (nSPS) is 16.3. The van der Waals surface area contributed by atoms with Gasteiger partial charge in [0.25, 0.3) is 0 Å². The number of hydrogen-bond donors (Lipinski definition) is 0. The zero-order valence-corrected chi connectivity index (χ0v) is 10.3. The molecule has 0 heterocycles. The van der Waals surface area contributed by atoms with E-state index in [1.54, 1.807) is 6.92 Å². The van der Waals surface area contributed by atoms with Gasteiger partial charge in [0.2, 0.25) is 0 Å². The fourth-order valence-electron chi connectivity index (χ4n) is 1.45. The summed E-state index contributed by atoms with van der Waals surface area (Å²) < 4.78 is 13.5. The topological polar surface area (TPSA) is 0 Å². The molecule has 0 nitrogen and oxygen atoms in total. The Morgan fingerprint density at radius 3 is 2.50 bits per heavy atom. The van der Waals surface area contributed by atoms with E-state index in [1.807, 2.05) is 12.9 Å². The molecule has 0 aromatic carbocycles. The van der Waals surface area contributed by atoms with Gasteiger partial charge in [0.15, 0.2) is 7.28 Å². The summed E-state index contributed by atoms with van der Waals surface area (Å²) in [7, 11) is 0.698. The van der Waals surface area contributed by atoms with E-state index >= 15 is 0 Å². The van der Waals surface area contributed by atoms with E-state index < -0.39 is 0 Å². The van der Waals surface area contributed by atoms with Gasteiger partial charge in [-0.05, 0) is 19.3 Å². The Hall–Kier alpha value is -0.235. The maximum atomic E-state index is 13.5. The van der Waals surface area contributed by atoms with Crippen molar-refractivity contribution < 1.29 is 4.39 Å². The molecule has 1 unspecified atom stereocenters. The van der Waals surface area contributed by atoms with E-state index in [9.17, 15) is 4.39 Å². The Labute approximate surface area is 92.5 Å². The Morgan fingerprint density at radius 1 is 1.57 bits per heavy atom. The molecule has 0 saturated heterocycles. The van der Waals surface area contributed by atoms with Crippen LogP contribution < -0.4 is 0 Å². The lowest BCUT2D eigenvalue weighted by molar-refractivity contribution is 0.619. The summed E-state index contributed by atoms with van der Waals surface area (Å²) in [5, 5.41) is 0.252. The Bertz CT molecular complexity index is 229. The fourth-order valence-corrected chi connectivity index (χ4v) is 1.57. The molecule has 3 heteroatoms. The van der Waals surface area contributed by atoms with Crippen molar-refractivity contribution in [3.8, 4) is 0 Å². The maximum Gasteiger partial charge on any atom is 0.158 e. The predicted octanol–water partition coefficient (Wildman–Crippen LogP) is 4.23. The van der Waals surface area contributed by atoms with Crippen LogP contribution >= 0.6 is 11.6 Å². The minimum absolute atomic E-state index is 0.252. The third-order valence-corrected chi connectivity index (χ3v) is 2.36. The molecule has 0 fully saturated rings. The number of hydrogen-bond acceptors (Lipinski definition) is 0. The van der Waals surface area contributed by atoms with Gasteiger partial charge in [-0.15, -0.1) is 0 Å². The highest BCUT2D eigenvalue weighted by Crippen LogP contribution is 2.21. The second kappa shape index (κ2) is 7.11. The standard InChI is InChI=1S/C11H19BClF/c1-5-6-8(2)7-10(12-4)11(14)9(3)13/h7-8,12H,5-6H2,1-4H3/b10-7+,11-9-. The molecule has 0 rings (SSSR count). The van der Waals surface area contributed by atoms with Gasteiger partial charge in [0, 0.05) is 0 Å². The van der Waals surface area contributed by atoms with Crippen LogP contribution in [0.1, 0.15) is 33.6 Å². The van der Waals surface area contributed by atoms with Crippen molar-refractivity contribution in [1.29, 1.82) is 0 Å². The molecule has 0 aromatic rings. The molecule has 0 aliphatic rings. The smallest absolute Gasteiger partial charge is 0.158 e. The van der Waals surface area contributed by atoms with Gasteiger partial charge in [0.05, 0.1) is 5.03 Å². The number of halogens is 2. The second-order valence-corrected chi connectivity index (χ2v) is 4.23. The minimum Gasteiger partial charge on any atom is -0.206 e. The summed E-state index contributed by atoms with van der Waals surface area (Å²) in [4.78, 5) is 0. The van der Waals surface area contributed by atoms with Crippen molar-refractivity contribution in [2.45, 2.75) is 40.4 Å². The van der Waals surface area contributed by atoms with Gasteiger partial charge in [-0.2, -0.15) is 0 Å². The molecule has 0 aromatic heterocycles. The summed E-state index contributed by atoms with van der Waals surface area (Å²) in [6.07, 6.45) is 4.21. The van der Waals surface area contributed by atoms with Crippen LogP contribution in [0.3, 0.4) is 0 Å². The third kappa shape index (κ3) is 4.85. The third-order valence-electron chi connectivity index (χ3n) is 2.19. The average molecular weight is 217 g/mol. The van der Waals surface area contributed by atoms with Crippen LogP contribution in [0.15, 0.2) is 22.4 Å². The Morgan fingerprint density at radius 2 is 2.14 bits per heavy atom. The van der Waals surface area contributed by atoms with Crippen molar-refractivity contribution in [3.63, 3.8) is 0 Å². The highest BCUT2D eigenvalue weighted by atomic mass is 35.5. The van der Waals surface area contributed by atoms with E-state index in [0.717, 1.165) is 18.3 Å². The van der Waals surface area contributed by atoms with E-state index in [2.05, 4.69) is 13.8 Å². The van der Waals surface area contributed by atoms with Crippen LogP contribution in [0.4, 0.5) is 4.39 Å². The zero-order chi connectivity index (χ0) is 11.1. The van der Waals surface area contributed by atoms with Crippen LogP contribution in [0.5, 0.6) is 0 Å².